The van der Waals surface area contributed by atoms with Crippen LogP contribution in [-0.4, -0.2) is 36.5 Å². The van der Waals surface area contributed by atoms with Crippen molar-refractivity contribution in [2.75, 3.05) is 16.8 Å². The van der Waals surface area contributed by atoms with E-state index in [9.17, 15) is 14.4 Å². The van der Waals surface area contributed by atoms with Crippen molar-refractivity contribution >= 4 is 29.2 Å². The van der Waals surface area contributed by atoms with E-state index >= 15 is 0 Å². The van der Waals surface area contributed by atoms with Gasteiger partial charge in [-0.25, -0.2) is 4.79 Å². The van der Waals surface area contributed by atoms with Crippen molar-refractivity contribution in [3.63, 3.8) is 0 Å². The van der Waals surface area contributed by atoms with Crippen molar-refractivity contribution in [1.82, 2.24) is 10.6 Å². The highest BCUT2D eigenvalue weighted by Gasteiger charge is 2.32. The molecule has 0 saturated carbocycles. The predicted octanol–water partition coefficient (Wildman–Crippen LogP) is 3.71. The number of anilines is 2. The fraction of sp³-hybridized carbons (Fsp3) is 0.400. The third-order valence-electron chi connectivity index (χ3n) is 5.89. The Labute approximate surface area is 189 Å². The van der Waals surface area contributed by atoms with Gasteiger partial charge in [0.15, 0.2) is 0 Å². The van der Waals surface area contributed by atoms with Gasteiger partial charge in [0.1, 0.15) is 12.6 Å². The average molecular weight is 437 g/mol. The second kappa shape index (κ2) is 10.8. The van der Waals surface area contributed by atoms with Crippen LogP contribution in [0.25, 0.3) is 0 Å². The number of nitrogens with zero attached hydrogens (tertiary/aromatic N) is 1. The molecule has 0 aliphatic carbocycles. The Morgan fingerprint density at radius 2 is 1.72 bits per heavy atom. The fourth-order valence-electron chi connectivity index (χ4n) is 3.76. The summed E-state index contributed by atoms with van der Waals surface area (Å²) < 4.78 is 0. The van der Waals surface area contributed by atoms with Crippen LogP contribution < -0.4 is 20.9 Å². The lowest BCUT2D eigenvalue weighted by Gasteiger charge is -2.32. The molecule has 0 unspecified atom stereocenters. The molecule has 0 radical (unpaired) electrons. The third-order valence-corrected chi connectivity index (χ3v) is 5.89. The first-order valence-corrected chi connectivity index (χ1v) is 11.2. The van der Waals surface area contributed by atoms with E-state index in [1.165, 1.54) is 10.5 Å². The van der Waals surface area contributed by atoms with Gasteiger partial charge in [0.2, 0.25) is 11.8 Å². The molecule has 0 aromatic heterocycles. The molecular formula is C25H32N4O3. The topological polar surface area (TPSA) is 90.5 Å². The van der Waals surface area contributed by atoms with Crippen molar-refractivity contribution in [2.24, 2.45) is 5.92 Å². The maximum Gasteiger partial charge on any atom is 0.323 e. The number of amides is 4. The zero-order valence-electron chi connectivity index (χ0n) is 18.9. The zero-order chi connectivity index (χ0) is 23.1. The summed E-state index contributed by atoms with van der Waals surface area (Å²) in [4.78, 5) is 39.6. The summed E-state index contributed by atoms with van der Waals surface area (Å²) in [5, 5.41) is 8.69. The molecule has 2 aromatic carbocycles. The average Bonchev–Trinajstić information content (AvgIpc) is 2.80. The molecule has 1 aliphatic rings. The summed E-state index contributed by atoms with van der Waals surface area (Å²) in [5.74, 6) is -0.532. The largest absolute Gasteiger partial charge is 0.352 e. The van der Waals surface area contributed by atoms with Gasteiger partial charge in [-0.2, -0.15) is 0 Å². The molecule has 7 nitrogen and oxygen atoms in total. The summed E-state index contributed by atoms with van der Waals surface area (Å²) >= 11 is 0. The van der Waals surface area contributed by atoms with Crippen LogP contribution in [0.5, 0.6) is 0 Å². The maximum absolute atomic E-state index is 13.1. The monoisotopic (exact) mass is 436 g/mol. The van der Waals surface area contributed by atoms with E-state index in [-0.39, 0.29) is 30.3 Å². The van der Waals surface area contributed by atoms with Crippen molar-refractivity contribution in [3.05, 3.63) is 60.2 Å². The highest BCUT2D eigenvalue weighted by Crippen LogP contribution is 2.29. The molecule has 1 aliphatic heterocycles. The molecule has 0 spiro atoms. The van der Waals surface area contributed by atoms with E-state index < -0.39 is 12.1 Å². The van der Waals surface area contributed by atoms with E-state index in [1.54, 1.807) is 18.2 Å². The van der Waals surface area contributed by atoms with Gasteiger partial charge in [0.05, 0.1) is 11.4 Å². The second-order valence-corrected chi connectivity index (χ2v) is 8.40. The van der Waals surface area contributed by atoms with Crippen molar-refractivity contribution in [2.45, 2.75) is 52.1 Å². The first-order valence-electron chi connectivity index (χ1n) is 11.2. The number of rotatable bonds is 8. The first-order chi connectivity index (χ1) is 15.4. The number of carbonyl (C=O) groups excluding carboxylic acids is 3. The standard InChI is InChI=1S/C25H32N4O3/c1-4-17(2)23(24(31)26-18(3)14-15-19-10-6-5-7-11-19)28-25(32)29-16-22(30)27-20-12-8-9-13-21(20)29/h5-13,17-18,23H,4,14-16H2,1-3H3,(H,26,31)(H,27,30)(H,28,32)/t17-,18+,23+/m1/s1. The number of hydrogen-bond acceptors (Lipinski definition) is 3. The summed E-state index contributed by atoms with van der Waals surface area (Å²) in [6.45, 7) is 5.81. The maximum atomic E-state index is 13.1. The van der Waals surface area contributed by atoms with Gasteiger partial charge >= 0.3 is 6.03 Å². The molecule has 0 saturated heterocycles. The number of para-hydroxylation sites is 2. The molecule has 4 amide bonds. The van der Waals surface area contributed by atoms with Gasteiger partial charge in [-0.1, -0.05) is 62.7 Å². The number of hydrogen-bond donors (Lipinski definition) is 3. The minimum atomic E-state index is -0.691. The van der Waals surface area contributed by atoms with Crippen LogP contribution in [-0.2, 0) is 16.0 Å². The van der Waals surface area contributed by atoms with Crippen molar-refractivity contribution in [1.29, 1.82) is 0 Å². The Hall–Kier alpha value is -3.35. The van der Waals surface area contributed by atoms with Gasteiger partial charge in [-0.05, 0) is 43.4 Å². The predicted molar refractivity (Wildman–Crippen MR) is 127 cm³/mol. The normalized spacial score (nSPS) is 15.7. The van der Waals surface area contributed by atoms with Crippen LogP contribution >= 0.6 is 0 Å². The molecular weight excluding hydrogens is 404 g/mol. The Morgan fingerprint density at radius 3 is 2.44 bits per heavy atom. The first kappa shape index (κ1) is 23.3. The Bertz CT molecular complexity index is 947. The Morgan fingerprint density at radius 1 is 1.03 bits per heavy atom. The molecule has 2 aromatic rings. The van der Waals surface area contributed by atoms with E-state index in [0.29, 0.717) is 11.4 Å². The Balaban J connectivity index is 1.65. The fourth-order valence-corrected chi connectivity index (χ4v) is 3.76. The van der Waals surface area contributed by atoms with Crippen LogP contribution in [0.15, 0.2) is 54.6 Å². The minimum absolute atomic E-state index is 0.0346. The number of nitrogens with one attached hydrogen (secondary N) is 3. The van der Waals surface area contributed by atoms with Crippen LogP contribution in [0, 0.1) is 5.92 Å². The molecule has 3 atom stereocenters. The quantitative estimate of drug-likeness (QED) is 0.589. The number of fused-ring (bicyclic) bond motifs is 1. The van der Waals surface area contributed by atoms with Crippen molar-refractivity contribution in [3.8, 4) is 0 Å². The molecule has 7 heteroatoms. The lowest BCUT2D eigenvalue weighted by atomic mass is 9.97. The number of aryl methyl sites for hydroxylation is 1. The zero-order valence-corrected chi connectivity index (χ0v) is 18.9. The van der Waals surface area contributed by atoms with Crippen LogP contribution in [0.2, 0.25) is 0 Å². The van der Waals surface area contributed by atoms with Crippen LogP contribution in [0.4, 0.5) is 16.2 Å². The summed E-state index contributed by atoms with van der Waals surface area (Å²) in [7, 11) is 0. The number of urea groups is 1. The van der Waals surface area contributed by atoms with E-state index in [2.05, 4.69) is 28.1 Å². The number of benzene rings is 2. The van der Waals surface area contributed by atoms with E-state index in [4.69, 9.17) is 0 Å². The molecule has 32 heavy (non-hydrogen) atoms. The summed E-state index contributed by atoms with van der Waals surface area (Å²) in [6, 6.07) is 16.1. The lowest BCUT2D eigenvalue weighted by Crippen LogP contribution is -2.56. The molecule has 3 rings (SSSR count). The summed E-state index contributed by atoms with van der Waals surface area (Å²) in [6.07, 6.45) is 2.40. The van der Waals surface area contributed by atoms with Crippen LogP contribution in [0.3, 0.4) is 0 Å². The van der Waals surface area contributed by atoms with Gasteiger partial charge < -0.3 is 16.0 Å². The highest BCUT2D eigenvalue weighted by atomic mass is 16.2. The van der Waals surface area contributed by atoms with E-state index in [0.717, 1.165) is 19.3 Å². The molecule has 0 bridgehead atoms. The van der Waals surface area contributed by atoms with Gasteiger partial charge in [-0.15, -0.1) is 0 Å². The van der Waals surface area contributed by atoms with Crippen molar-refractivity contribution < 1.29 is 14.4 Å². The van der Waals surface area contributed by atoms with Gasteiger partial charge in [-0.3, -0.25) is 14.5 Å². The lowest BCUT2D eigenvalue weighted by molar-refractivity contribution is -0.124. The second-order valence-electron chi connectivity index (χ2n) is 8.40. The smallest absolute Gasteiger partial charge is 0.323 e. The molecule has 3 N–H and O–H groups in total. The highest BCUT2D eigenvalue weighted by molar-refractivity contribution is 6.10. The van der Waals surface area contributed by atoms with E-state index in [1.807, 2.05) is 45.0 Å². The van der Waals surface area contributed by atoms with Gasteiger partial charge in [0, 0.05) is 6.04 Å². The summed E-state index contributed by atoms with van der Waals surface area (Å²) in [5.41, 5.74) is 2.42. The molecule has 1 heterocycles. The van der Waals surface area contributed by atoms with Gasteiger partial charge in [0.25, 0.3) is 0 Å². The number of carbonyl (C=O) groups is 3. The SMILES string of the molecule is CC[C@@H](C)[C@H](NC(=O)N1CC(=O)Nc2ccccc21)C(=O)N[C@@H](C)CCc1ccccc1. The minimum Gasteiger partial charge on any atom is -0.352 e. The third kappa shape index (κ3) is 5.87. The van der Waals surface area contributed by atoms with Crippen LogP contribution in [0.1, 0.15) is 39.2 Å². The Kier molecular flexibility index (Phi) is 7.87. The molecule has 170 valence electrons. The molecule has 0 fully saturated rings.